The van der Waals surface area contributed by atoms with E-state index < -0.39 is 0 Å². The van der Waals surface area contributed by atoms with Crippen molar-refractivity contribution >= 4 is 29.1 Å². The van der Waals surface area contributed by atoms with Gasteiger partial charge in [-0.15, -0.1) is 11.6 Å². The zero-order chi connectivity index (χ0) is 12.8. The molecule has 1 unspecified atom stereocenters. The molecule has 0 saturated heterocycles. The van der Waals surface area contributed by atoms with Crippen LogP contribution < -0.4 is 4.90 Å². The van der Waals surface area contributed by atoms with Gasteiger partial charge in [-0.2, -0.15) is 11.8 Å². The van der Waals surface area contributed by atoms with Gasteiger partial charge < -0.3 is 4.90 Å². The predicted molar refractivity (Wildman–Crippen MR) is 81.6 cm³/mol. The van der Waals surface area contributed by atoms with Crippen molar-refractivity contribution in [2.45, 2.75) is 32.2 Å². The zero-order valence-electron chi connectivity index (χ0n) is 11.2. The van der Waals surface area contributed by atoms with Crippen LogP contribution >= 0.6 is 23.4 Å². The third-order valence-corrected chi connectivity index (χ3v) is 4.09. The summed E-state index contributed by atoms with van der Waals surface area (Å²) >= 11 is 7.93. The molecule has 17 heavy (non-hydrogen) atoms. The lowest BCUT2D eigenvalue weighted by atomic mass is 10.1. The van der Waals surface area contributed by atoms with E-state index in [2.05, 4.69) is 50.2 Å². The van der Waals surface area contributed by atoms with Gasteiger partial charge >= 0.3 is 0 Å². The van der Waals surface area contributed by atoms with Crippen molar-refractivity contribution in [3.05, 3.63) is 29.3 Å². The van der Waals surface area contributed by atoms with Gasteiger partial charge in [-0.1, -0.05) is 17.7 Å². The van der Waals surface area contributed by atoms with Gasteiger partial charge in [0.15, 0.2) is 0 Å². The maximum atomic E-state index is 6.03. The van der Waals surface area contributed by atoms with Crippen molar-refractivity contribution in [1.82, 2.24) is 0 Å². The fraction of sp³-hybridized carbons (Fsp3) is 0.571. The van der Waals surface area contributed by atoms with Crippen LogP contribution in [-0.4, -0.2) is 25.1 Å². The van der Waals surface area contributed by atoms with E-state index in [1.165, 1.54) is 29.0 Å². The minimum atomic E-state index is 0.548. The summed E-state index contributed by atoms with van der Waals surface area (Å²) in [6, 6.07) is 7.07. The van der Waals surface area contributed by atoms with Crippen LogP contribution in [0.5, 0.6) is 0 Å². The number of hydrogen-bond acceptors (Lipinski definition) is 2. The van der Waals surface area contributed by atoms with Crippen LogP contribution in [-0.2, 0) is 5.88 Å². The molecule has 1 nitrogen and oxygen atoms in total. The Balaban J connectivity index is 2.83. The van der Waals surface area contributed by atoms with Crippen molar-refractivity contribution in [2.24, 2.45) is 0 Å². The van der Waals surface area contributed by atoms with Gasteiger partial charge in [0.1, 0.15) is 0 Å². The molecule has 1 aromatic carbocycles. The third-order valence-electron chi connectivity index (χ3n) is 3.16. The summed E-state index contributed by atoms with van der Waals surface area (Å²) in [6.07, 6.45) is 3.36. The van der Waals surface area contributed by atoms with Crippen LogP contribution in [0.25, 0.3) is 0 Å². The van der Waals surface area contributed by atoms with E-state index in [-0.39, 0.29) is 0 Å². The molecule has 0 bridgehead atoms. The molecular weight excluding hydrogens is 250 g/mol. The summed E-state index contributed by atoms with van der Waals surface area (Å²) in [5, 5.41) is 0. The SMILES string of the molecule is CSCCC(C)N(C)c1ccc(C)cc1CCl. The molecule has 3 heteroatoms. The second-order valence-corrected chi connectivity index (χ2v) is 5.76. The molecule has 0 saturated carbocycles. The average molecular weight is 272 g/mol. The average Bonchev–Trinajstić information content (AvgIpc) is 2.34. The van der Waals surface area contributed by atoms with Gasteiger partial charge in [-0.25, -0.2) is 0 Å². The van der Waals surface area contributed by atoms with E-state index in [4.69, 9.17) is 11.6 Å². The number of rotatable bonds is 6. The molecule has 0 aromatic heterocycles. The number of nitrogens with zero attached hydrogens (tertiary/aromatic N) is 1. The quantitative estimate of drug-likeness (QED) is 0.709. The van der Waals surface area contributed by atoms with E-state index in [0.29, 0.717) is 11.9 Å². The lowest BCUT2D eigenvalue weighted by Gasteiger charge is -2.29. The number of thioether (sulfide) groups is 1. The third kappa shape index (κ3) is 4.11. The van der Waals surface area contributed by atoms with Crippen molar-refractivity contribution in [3.63, 3.8) is 0 Å². The Morgan fingerprint density at radius 1 is 1.41 bits per heavy atom. The van der Waals surface area contributed by atoms with Crippen molar-refractivity contribution in [2.75, 3.05) is 24.0 Å². The van der Waals surface area contributed by atoms with Crippen LogP contribution in [0.2, 0.25) is 0 Å². The Labute approximate surface area is 115 Å². The first-order valence-electron chi connectivity index (χ1n) is 5.97. The highest BCUT2D eigenvalue weighted by atomic mass is 35.5. The molecule has 0 aliphatic heterocycles. The summed E-state index contributed by atoms with van der Waals surface area (Å²) in [5.74, 6) is 1.78. The number of anilines is 1. The topological polar surface area (TPSA) is 3.24 Å². The van der Waals surface area contributed by atoms with E-state index in [1.54, 1.807) is 0 Å². The molecule has 0 heterocycles. The highest BCUT2D eigenvalue weighted by Gasteiger charge is 2.12. The smallest absolute Gasteiger partial charge is 0.0494 e. The summed E-state index contributed by atoms with van der Waals surface area (Å²) in [5.41, 5.74) is 3.76. The first-order valence-corrected chi connectivity index (χ1v) is 7.90. The highest BCUT2D eigenvalue weighted by molar-refractivity contribution is 7.98. The monoisotopic (exact) mass is 271 g/mol. The zero-order valence-corrected chi connectivity index (χ0v) is 12.7. The number of benzene rings is 1. The molecule has 0 radical (unpaired) electrons. The second kappa shape index (κ2) is 7.17. The molecule has 0 aliphatic rings. The highest BCUT2D eigenvalue weighted by Crippen LogP contribution is 2.25. The Hall–Kier alpha value is -0.340. The van der Waals surface area contributed by atoms with E-state index in [1.807, 2.05) is 11.8 Å². The molecule has 0 amide bonds. The Kier molecular flexibility index (Phi) is 6.21. The molecule has 0 fully saturated rings. The van der Waals surface area contributed by atoms with Crippen LogP contribution in [0.3, 0.4) is 0 Å². The largest absolute Gasteiger partial charge is 0.372 e. The summed E-state index contributed by atoms with van der Waals surface area (Å²) in [4.78, 5) is 2.34. The maximum Gasteiger partial charge on any atom is 0.0494 e. The van der Waals surface area contributed by atoms with Crippen LogP contribution in [0, 0.1) is 6.92 Å². The molecule has 96 valence electrons. The van der Waals surface area contributed by atoms with Gasteiger partial charge in [-0.3, -0.25) is 0 Å². The predicted octanol–water partition coefficient (Wildman–Crippen LogP) is 4.31. The van der Waals surface area contributed by atoms with Gasteiger partial charge in [0.2, 0.25) is 0 Å². The molecule has 0 aliphatic carbocycles. The minimum absolute atomic E-state index is 0.548. The molecule has 1 aromatic rings. The van der Waals surface area contributed by atoms with E-state index in [0.717, 1.165) is 0 Å². The Morgan fingerprint density at radius 3 is 2.71 bits per heavy atom. The molecule has 1 rings (SSSR count). The summed E-state index contributed by atoms with van der Waals surface area (Å²) in [6.45, 7) is 4.38. The minimum Gasteiger partial charge on any atom is -0.372 e. The second-order valence-electron chi connectivity index (χ2n) is 4.51. The lowest BCUT2D eigenvalue weighted by Crippen LogP contribution is -2.30. The first-order chi connectivity index (χ1) is 8.10. The van der Waals surface area contributed by atoms with Crippen molar-refractivity contribution in [1.29, 1.82) is 0 Å². The number of alkyl halides is 1. The normalized spacial score (nSPS) is 12.5. The first kappa shape index (κ1) is 14.7. The number of hydrogen-bond donors (Lipinski definition) is 0. The molecular formula is C14H22ClNS. The molecule has 0 N–H and O–H groups in total. The fourth-order valence-corrected chi connectivity index (χ4v) is 2.68. The number of halogens is 1. The molecule has 0 spiro atoms. The van der Waals surface area contributed by atoms with Gasteiger partial charge in [0.05, 0.1) is 0 Å². The van der Waals surface area contributed by atoms with Gasteiger partial charge in [0.25, 0.3) is 0 Å². The van der Waals surface area contributed by atoms with E-state index in [9.17, 15) is 0 Å². The molecule has 1 atom stereocenters. The van der Waals surface area contributed by atoms with Crippen LogP contribution in [0.15, 0.2) is 18.2 Å². The number of aryl methyl sites for hydroxylation is 1. The Bertz CT molecular complexity index is 354. The van der Waals surface area contributed by atoms with Crippen LogP contribution in [0.4, 0.5) is 5.69 Å². The Morgan fingerprint density at radius 2 is 2.12 bits per heavy atom. The summed E-state index contributed by atoms with van der Waals surface area (Å²) < 4.78 is 0. The standard InChI is InChI=1S/C14H22ClNS/c1-11-5-6-14(13(9-11)10-15)16(3)12(2)7-8-17-4/h5-6,9,12H,7-8,10H2,1-4H3. The van der Waals surface area contributed by atoms with Crippen molar-refractivity contribution in [3.8, 4) is 0 Å². The van der Waals surface area contributed by atoms with Crippen LogP contribution in [0.1, 0.15) is 24.5 Å². The maximum absolute atomic E-state index is 6.03. The van der Waals surface area contributed by atoms with Gasteiger partial charge in [0, 0.05) is 24.7 Å². The van der Waals surface area contributed by atoms with Gasteiger partial charge in [-0.05, 0) is 43.9 Å². The lowest BCUT2D eigenvalue weighted by molar-refractivity contribution is 0.667. The van der Waals surface area contributed by atoms with E-state index >= 15 is 0 Å². The van der Waals surface area contributed by atoms with Crippen molar-refractivity contribution < 1.29 is 0 Å². The summed E-state index contributed by atoms with van der Waals surface area (Å²) in [7, 11) is 2.16. The fourth-order valence-electron chi connectivity index (χ4n) is 1.88.